The van der Waals surface area contributed by atoms with Crippen LogP contribution in [0.25, 0.3) is 10.9 Å². The van der Waals surface area contributed by atoms with Gasteiger partial charge in [0, 0.05) is 28.7 Å². The molecule has 4 rings (SSSR count). The first-order valence-electron chi connectivity index (χ1n) is 9.36. The van der Waals surface area contributed by atoms with Crippen LogP contribution in [0.2, 0.25) is 0 Å². The number of sulfone groups is 1. The summed E-state index contributed by atoms with van der Waals surface area (Å²) in [5, 5.41) is 0.0434. The summed E-state index contributed by atoms with van der Waals surface area (Å²) in [4.78, 5) is 0.298. The van der Waals surface area contributed by atoms with Crippen molar-refractivity contribution in [2.24, 2.45) is 0 Å². The van der Waals surface area contributed by atoms with Crippen molar-refractivity contribution < 1.29 is 12.8 Å². The van der Waals surface area contributed by atoms with Crippen LogP contribution < -0.4 is 0 Å². The Balaban J connectivity index is 2.04. The van der Waals surface area contributed by atoms with Gasteiger partial charge in [0.05, 0.1) is 11.2 Å². The lowest BCUT2D eigenvalue weighted by Gasteiger charge is -2.17. The molecule has 0 aliphatic carbocycles. The van der Waals surface area contributed by atoms with E-state index in [0.29, 0.717) is 10.7 Å². The van der Waals surface area contributed by atoms with Crippen molar-refractivity contribution in [2.75, 3.05) is 0 Å². The number of hydrogen-bond acceptors (Lipinski definition) is 3. The summed E-state index contributed by atoms with van der Waals surface area (Å²) in [5.41, 5.74) is 3.79. The van der Waals surface area contributed by atoms with E-state index in [0.717, 1.165) is 34.3 Å². The van der Waals surface area contributed by atoms with Crippen molar-refractivity contribution in [2.45, 2.75) is 37.5 Å². The molecule has 0 aliphatic rings. The van der Waals surface area contributed by atoms with Gasteiger partial charge in [-0.15, -0.1) is 0 Å². The number of para-hydroxylation sites is 1. The Kier molecular flexibility index (Phi) is 4.63. The normalized spacial score (nSPS) is 13.1. The molecule has 0 saturated carbocycles. The van der Waals surface area contributed by atoms with Gasteiger partial charge in [0.1, 0.15) is 5.76 Å². The number of fused-ring (bicyclic) bond motifs is 1. The van der Waals surface area contributed by atoms with Crippen LogP contribution in [0.5, 0.6) is 0 Å². The molecule has 0 amide bonds. The fraction of sp³-hybridized carbons (Fsp3) is 0.217. The Hall–Kier alpha value is -2.79. The standard InChI is InChI=1S/C23H23NO3S/c1-4-24-17(3)22(19-8-5-6-9-20(19)24)23(21-10-7-15-27-21)28(25,26)18-13-11-16(2)12-14-18/h5-15,23H,4H2,1-3H3. The van der Waals surface area contributed by atoms with E-state index in [1.165, 1.54) is 6.26 Å². The van der Waals surface area contributed by atoms with Gasteiger partial charge in [-0.1, -0.05) is 35.9 Å². The molecule has 5 heteroatoms. The van der Waals surface area contributed by atoms with Gasteiger partial charge in [-0.25, -0.2) is 8.42 Å². The fourth-order valence-corrected chi connectivity index (χ4v) is 5.79. The van der Waals surface area contributed by atoms with E-state index in [2.05, 4.69) is 11.5 Å². The molecular formula is C23H23NO3S. The van der Waals surface area contributed by atoms with Crippen molar-refractivity contribution in [3.63, 3.8) is 0 Å². The molecule has 2 aromatic carbocycles. The maximum atomic E-state index is 13.8. The predicted octanol–water partition coefficient (Wildman–Crippen LogP) is 5.43. The average Bonchev–Trinajstić information content (AvgIpc) is 3.29. The molecule has 0 fully saturated rings. The molecule has 0 spiro atoms. The fourth-order valence-electron chi connectivity index (χ4n) is 3.95. The second kappa shape index (κ2) is 6.99. The minimum absolute atomic E-state index is 0.298. The summed E-state index contributed by atoms with van der Waals surface area (Å²) in [7, 11) is -3.71. The van der Waals surface area contributed by atoms with Gasteiger partial charge in [0.2, 0.25) is 0 Å². The van der Waals surface area contributed by atoms with Crippen molar-refractivity contribution in [1.29, 1.82) is 0 Å². The molecule has 4 aromatic rings. The molecule has 1 atom stereocenters. The Morgan fingerprint density at radius 2 is 1.68 bits per heavy atom. The zero-order chi connectivity index (χ0) is 19.9. The van der Waals surface area contributed by atoms with Gasteiger partial charge in [0.15, 0.2) is 15.1 Å². The molecule has 0 bridgehead atoms. The first kappa shape index (κ1) is 18.6. The predicted molar refractivity (Wildman–Crippen MR) is 111 cm³/mol. The SMILES string of the molecule is CCn1c(C)c(C(c2ccco2)S(=O)(=O)c2ccc(C)cc2)c2ccccc21. The molecule has 2 heterocycles. The van der Waals surface area contributed by atoms with E-state index in [1.807, 2.05) is 50.2 Å². The highest BCUT2D eigenvalue weighted by Gasteiger charge is 2.36. The third-order valence-corrected chi connectivity index (χ3v) is 7.34. The highest BCUT2D eigenvalue weighted by atomic mass is 32.2. The van der Waals surface area contributed by atoms with E-state index in [4.69, 9.17) is 4.42 Å². The highest BCUT2D eigenvalue weighted by Crippen LogP contribution is 2.41. The van der Waals surface area contributed by atoms with Crippen LogP contribution in [-0.4, -0.2) is 13.0 Å². The summed E-state index contributed by atoms with van der Waals surface area (Å²) >= 11 is 0. The minimum atomic E-state index is -3.71. The summed E-state index contributed by atoms with van der Waals surface area (Å²) in [6, 6.07) is 18.4. The summed E-state index contributed by atoms with van der Waals surface area (Å²) in [5.74, 6) is 0.433. The molecule has 144 valence electrons. The number of hydrogen-bond donors (Lipinski definition) is 0. The lowest BCUT2D eigenvalue weighted by molar-refractivity contribution is 0.505. The minimum Gasteiger partial charge on any atom is -0.468 e. The van der Waals surface area contributed by atoms with E-state index in [1.54, 1.807) is 24.3 Å². The lowest BCUT2D eigenvalue weighted by atomic mass is 10.1. The summed E-state index contributed by atoms with van der Waals surface area (Å²) in [6.45, 7) is 6.76. The van der Waals surface area contributed by atoms with Crippen LogP contribution in [0.4, 0.5) is 0 Å². The zero-order valence-electron chi connectivity index (χ0n) is 16.2. The van der Waals surface area contributed by atoms with E-state index in [-0.39, 0.29) is 0 Å². The van der Waals surface area contributed by atoms with Gasteiger partial charge in [-0.05, 0) is 51.1 Å². The molecule has 0 aliphatic heterocycles. The Morgan fingerprint density at radius 1 is 0.964 bits per heavy atom. The van der Waals surface area contributed by atoms with Crippen LogP contribution >= 0.6 is 0 Å². The van der Waals surface area contributed by atoms with Crippen LogP contribution in [0, 0.1) is 13.8 Å². The van der Waals surface area contributed by atoms with Crippen LogP contribution in [0.3, 0.4) is 0 Å². The van der Waals surface area contributed by atoms with Gasteiger partial charge >= 0.3 is 0 Å². The average molecular weight is 394 g/mol. The molecular weight excluding hydrogens is 370 g/mol. The van der Waals surface area contributed by atoms with Gasteiger partial charge in [-0.2, -0.15) is 0 Å². The van der Waals surface area contributed by atoms with Crippen molar-refractivity contribution in [1.82, 2.24) is 4.57 Å². The van der Waals surface area contributed by atoms with Crippen molar-refractivity contribution >= 4 is 20.7 Å². The Labute approximate surface area is 165 Å². The first-order chi connectivity index (χ1) is 13.4. The third kappa shape index (κ3) is 2.87. The molecule has 0 saturated heterocycles. The number of aryl methyl sites for hydroxylation is 2. The smallest absolute Gasteiger partial charge is 0.192 e. The lowest BCUT2D eigenvalue weighted by Crippen LogP contribution is -2.16. The van der Waals surface area contributed by atoms with E-state index in [9.17, 15) is 8.42 Å². The van der Waals surface area contributed by atoms with Crippen molar-refractivity contribution in [3.05, 3.63) is 89.5 Å². The van der Waals surface area contributed by atoms with Gasteiger partial charge < -0.3 is 8.98 Å². The Bertz CT molecular complexity index is 1220. The Morgan fingerprint density at radius 3 is 2.32 bits per heavy atom. The zero-order valence-corrected chi connectivity index (χ0v) is 17.0. The summed E-state index contributed by atoms with van der Waals surface area (Å²) < 4.78 is 35.3. The maximum Gasteiger partial charge on any atom is 0.192 e. The number of rotatable bonds is 5. The third-order valence-electron chi connectivity index (χ3n) is 5.32. The number of furan rings is 1. The quantitative estimate of drug-likeness (QED) is 0.454. The molecule has 0 radical (unpaired) electrons. The highest BCUT2D eigenvalue weighted by molar-refractivity contribution is 7.92. The molecule has 28 heavy (non-hydrogen) atoms. The number of nitrogens with zero attached hydrogens (tertiary/aromatic N) is 1. The summed E-state index contributed by atoms with van der Waals surface area (Å²) in [6.07, 6.45) is 1.53. The molecule has 0 N–H and O–H groups in total. The molecule has 4 nitrogen and oxygen atoms in total. The topological polar surface area (TPSA) is 52.2 Å². The van der Waals surface area contributed by atoms with Crippen molar-refractivity contribution in [3.8, 4) is 0 Å². The maximum absolute atomic E-state index is 13.8. The van der Waals surface area contributed by atoms with Crippen LogP contribution in [0.15, 0.2) is 76.2 Å². The number of benzene rings is 2. The molecule has 1 unspecified atom stereocenters. The number of aromatic nitrogens is 1. The van der Waals surface area contributed by atoms with Crippen LogP contribution in [0.1, 0.15) is 34.8 Å². The van der Waals surface area contributed by atoms with E-state index < -0.39 is 15.1 Å². The van der Waals surface area contributed by atoms with Gasteiger partial charge in [0.25, 0.3) is 0 Å². The van der Waals surface area contributed by atoms with Crippen LogP contribution in [-0.2, 0) is 16.4 Å². The first-order valence-corrected chi connectivity index (χ1v) is 10.9. The largest absolute Gasteiger partial charge is 0.468 e. The second-order valence-corrected chi connectivity index (χ2v) is 9.05. The van der Waals surface area contributed by atoms with Gasteiger partial charge in [-0.3, -0.25) is 0 Å². The monoisotopic (exact) mass is 393 g/mol. The van der Waals surface area contributed by atoms with E-state index >= 15 is 0 Å². The second-order valence-electron chi connectivity index (χ2n) is 7.01. The molecule has 2 aromatic heterocycles.